The fourth-order valence-electron chi connectivity index (χ4n) is 2.92. The Labute approximate surface area is 137 Å². The maximum absolute atomic E-state index is 5.81. The molecule has 3 N–H and O–H groups in total. The van der Waals surface area contributed by atoms with Crippen LogP contribution in [0.2, 0.25) is 0 Å². The number of rotatable bonds is 7. The summed E-state index contributed by atoms with van der Waals surface area (Å²) in [5.41, 5.74) is 5.81. The minimum atomic E-state index is 0.318. The van der Waals surface area contributed by atoms with E-state index >= 15 is 0 Å². The summed E-state index contributed by atoms with van der Waals surface area (Å²) in [6, 6.07) is 0.905. The lowest BCUT2D eigenvalue weighted by Crippen LogP contribution is -2.36. The van der Waals surface area contributed by atoms with Crippen molar-refractivity contribution in [2.24, 2.45) is 10.7 Å². The van der Waals surface area contributed by atoms with Gasteiger partial charge in [-0.25, -0.2) is 0 Å². The van der Waals surface area contributed by atoms with E-state index in [-0.39, 0.29) is 0 Å². The zero-order valence-electron chi connectivity index (χ0n) is 13.9. The van der Waals surface area contributed by atoms with Crippen LogP contribution in [0.1, 0.15) is 57.8 Å². The molecule has 0 saturated heterocycles. The van der Waals surface area contributed by atoms with E-state index in [1.807, 2.05) is 0 Å². The Morgan fingerprint density at radius 2 is 2.14 bits per heavy atom. The summed E-state index contributed by atoms with van der Waals surface area (Å²) >= 11 is 1.69. The van der Waals surface area contributed by atoms with E-state index in [0.717, 1.165) is 30.4 Å². The Balaban J connectivity index is 1.91. The van der Waals surface area contributed by atoms with Crippen LogP contribution < -0.4 is 11.1 Å². The summed E-state index contributed by atoms with van der Waals surface area (Å²) in [7, 11) is 0. The number of nitrogens with one attached hydrogen (secondary N) is 1. The first-order valence-electron chi connectivity index (χ1n) is 8.16. The lowest BCUT2D eigenvalue weighted by Gasteiger charge is -2.16. The van der Waals surface area contributed by atoms with Gasteiger partial charge in [-0.15, -0.1) is 10.2 Å². The van der Waals surface area contributed by atoms with Gasteiger partial charge in [0.1, 0.15) is 5.82 Å². The Morgan fingerprint density at radius 3 is 2.77 bits per heavy atom. The van der Waals surface area contributed by atoms with Gasteiger partial charge in [-0.2, -0.15) is 0 Å². The maximum Gasteiger partial charge on any atom is 0.191 e. The van der Waals surface area contributed by atoms with Crippen molar-refractivity contribution in [1.29, 1.82) is 0 Å². The Morgan fingerprint density at radius 1 is 1.41 bits per heavy atom. The first-order valence-corrected chi connectivity index (χ1v) is 9.38. The molecule has 0 amide bonds. The highest BCUT2D eigenvalue weighted by molar-refractivity contribution is 7.98. The summed E-state index contributed by atoms with van der Waals surface area (Å²) in [4.78, 5) is 4.35. The van der Waals surface area contributed by atoms with Gasteiger partial charge in [0, 0.05) is 25.0 Å². The molecule has 0 aromatic carbocycles. The molecule has 1 aliphatic rings. The van der Waals surface area contributed by atoms with Crippen molar-refractivity contribution in [2.75, 3.05) is 12.8 Å². The van der Waals surface area contributed by atoms with Crippen molar-refractivity contribution in [1.82, 2.24) is 20.1 Å². The number of hydrogen-bond acceptors (Lipinski definition) is 4. The molecule has 22 heavy (non-hydrogen) atoms. The summed E-state index contributed by atoms with van der Waals surface area (Å²) in [5, 5.41) is 12.9. The number of aliphatic imine (C=N–C) groups is 1. The number of nitrogens with two attached hydrogens (primary N) is 1. The number of thioether (sulfide) groups is 1. The van der Waals surface area contributed by atoms with E-state index in [1.165, 1.54) is 25.7 Å². The number of aryl methyl sites for hydroxylation is 1. The molecule has 1 saturated carbocycles. The van der Waals surface area contributed by atoms with E-state index in [9.17, 15) is 0 Å². The van der Waals surface area contributed by atoms with Crippen LogP contribution >= 0.6 is 11.8 Å². The molecule has 0 bridgehead atoms. The van der Waals surface area contributed by atoms with Gasteiger partial charge in [0.2, 0.25) is 0 Å². The normalized spacial score (nSPS) is 16.6. The van der Waals surface area contributed by atoms with E-state index < -0.39 is 0 Å². The lowest BCUT2D eigenvalue weighted by atomic mass is 10.2. The van der Waals surface area contributed by atoms with Gasteiger partial charge in [-0.3, -0.25) is 4.99 Å². The molecule has 0 atom stereocenters. The second-order valence-electron chi connectivity index (χ2n) is 6.08. The molecule has 1 fully saturated rings. The van der Waals surface area contributed by atoms with Crippen LogP contribution in [0.4, 0.5) is 0 Å². The van der Waals surface area contributed by atoms with Gasteiger partial charge in [-0.05, 0) is 39.4 Å². The zero-order chi connectivity index (χ0) is 15.9. The minimum absolute atomic E-state index is 0.318. The van der Waals surface area contributed by atoms with Crippen molar-refractivity contribution in [3.05, 3.63) is 5.82 Å². The van der Waals surface area contributed by atoms with Crippen LogP contribution in [0.25, 0.3) is 0 Å². The second kappa shape index (κ2) is 8.41. The second-order valence-corrected chi connectivity index (χ2v) is 6.85. The molecule has 0 aliphatic heterocycles. The monoisotopic (exact) mass is 324 g/mol. The maximum atomic E-state index is 5.81. The van der Waals surface area contributed by atoms with Gasteiger partial charge >= 0.3 is 0 Å². The van der Waals surface area contributed by atoms with Crippen LogP contribution in [0, 0.1) is 0 Å². The van der Waals surface area contributed by atoms with Crippen LogP contribution in [0.3, 0.4) is 0 Å². The molecule has 1 aromatic heterocycles. The first kappa shape index (κ1) is 17.1. The molecule has 6 nitrogen and oxygen atoms in total. The molecule has 124 valence electrons. The van der Waals surface area contributed by atoms with Crippen LogP contribution in [0.5, 0.6) is 0 Å². The van der Waals surface area contributed by atoms with Crippen molar-refractivity contribution in [3.63, 3.8) is 0 Å². The van der Waals surface area contributed by atoms with Gasteiger partial charge in [-0.1, -0.05) is 24.6 Å². The van der Waals surface area contributed by atoms with Crippen LogP contribution in [-0.2, 0) is 6.42 Å². The van der Waals surface area contributed by atoms with Crippen molar-refractivity contribution >= 4 is 17.7 Å². The minimum Gasteiger partial charge on any atom is -0.370 e. The molecule has 1 heterocycles. The zero-order valence-corrected chi connectivity index (χ0v) is 14.7. The standard InChI is InChI=1S/C15H28N6S/c1-11(2)18-14(16)17-10-6-9-13-19-20-15(22-3)21(13)12-7-4-5-8-12/h11-12H,4-10H2,1-3H3,(H3,16,17,18). The average Bonchev–Trinajstić information content (AvgIpc) is 3.11. The van der Waals surface area contributed by atoms with Gasteiger partial charge in [0.25, 0.3) is 0 Å². The predicted molar refractivity (Wildman–Crippen MR) is 92.4 cm³/mol. The number of guanidine groups is 1. The SMILES string of the molecule is CSc1nnc(CCCN=C(N)NC(C)C)n1C1CCCC1. The van der Waals surface area contributed by atoms with Gasteiger partial charge < -0.3 is 15.6 Å². The summed E-state index contributed by atoms with van der Waals surface area (Å²) in [6.45, 7) is 4.82. The highest BCUT2D eigenvalue weighted by atomic mass is 32.2. The molecule has 1 aromatic rings. The highest BCUT2D eigenvalue weighted by Crippen LogP contribution is 2.33. The fourth-order valence-corrected chi connectivity index (χ4v) is 3.50. The average molecular weight is 324 g/mol. The summed E-state index contributed by atoms with van der Waals surface area (Å²) in [5.74, 6) is 1.62. The predicted octanol–water partition coefficient (Wildman–Crippen LogP) is 2.36. The third-order valence-corrected chi connectivity index (χ3v) is 4.53. The number of hydrogen-bond donors (Lipinski definition) is 2. The molecule has 7 heteroatoms. The van der Waals surface area contributed by atoms with Gasteiger partial charge in [0.15, 0.2) is 11.1 Å². The summed E-state index contributed by atoms with van der Waals surface area (Å²) < 4.78 is 2.36. The number of nitrogens with zero attached hydrogens (tertiary/aromatic N) is 4. The Bertz CT molecular complexity index is 490. The largest absolute Gasteiger partial charge is 0.370 e. The third-order valence-electron chi connectivity index (χ3n) is 3.88. The molecule has 0 spiro atoms. The van der Waals surface area contributed by atoms with E-state index in [2.05, 4.69) is 45.2 Å². The highest BCUT2D eigenvalue weighted by Gasteiger charge is 2.23. The van der Waals surface area contributed by atoms with Gasteiger partial charge in [0.05, 0.1) is 0 Å². The van der Waals surface area contributed by atoms with Crippen molar-refractivity contribution < 1.29 is 0 Å². The van der Waals surface area contributed by atoms with Crippen molar-refractivity contribution in [3.8, 4) is 0 Å². The molecular formula is C15H28N6S. The van der Waals surface area contributed by atoms with Crippen LogP contribution in [0.15, 0.2) is 10.1 Å². The number of aromatic nitrogens is 3. The lowest BCUT2D eigenvalue weighted by molar-refractivity contribution is 0.461. The van der Waals surface area contributed by atoms with Crippen LogP contribution in [-0.4, -0.2) is 39.6 Å². The molecule has 0 unspecified atom stereocenters. The molecule has 1 aliphatic carbocycles. The van der Waals surface area contributed by atoms with E-state index in [1.54, 1.807) is 11.8 Å². The van der Waals surface area contributed by atoms with Crippen molar-refractivity contribution in [2.45, 2.75) is 69.6 Å². The summed E-state index contributed by atoms with van der Waals surface area (Å²) in [6.07, 6.45) is 9.06. The smallest absolute Gasteiger partial charge is 0.191 e. The molecular weight excluding hydrogens is 296 g/mol. The first-order chi connectivity index (χ1) is 10.6. The van der Waals surface area contributed by atoms with E-state index in [4.69, 9.17) is 5.73 Å². The molecule has 2 rings (SSSR count). The fraction of sp³-hybridized carbons (Fsp3) is 0.800. The van der Waals surface area contributed by atoms with E-state index in [0.29, 0.717) is 18.0 Å². The Hall–Kier alpha value is -1.24. The quantitative estimate of drug-likeness (QED) is 0.348. The Kier molecular flexibility index (Phi) is 6.54. The third kappa shape index (κ3) is 4.63. The molecule has 0 radical (unpaired) electrons. The topological polar surface area (TPSA) is 81.1 Å².